The lowest BCUT2D eigenvalue weighted by molar-refractivity contribution is -0.199. The molecule has 6 heteroatoms. The summed E-state index contributed by atoms with van der Waals surface area (Å²) in [6, 6.07) is 13.9. The number of carbonyl (C=O) groups is 1. The van der Waals surface area contributed by atoms with E-state index in [9.17, 15) is 9.90 Å². The second kappa shape index (κ2) is 9.83. The number of piperidine rings is 1. The van der Waals surface area contributed by atoms with Gasteiger partial charge >= 0.3 is 0 Å². The molecule has 5 atom stereocenters. The minimum Gasteiger partial charge on any atom is -0.493 e. The topological polar surface area (TPSA) is 62.2 Å². The van der Waals surface area contributed by atoms with E-state index in [1.165, 1.54) is 5.56 Å². The van der Waals surface area contributed by atoms with Crippen LogP contribution < -0.4 is 9.47 Å². The van der Waals surface area contributed by atoms with Gasteiger partial charge in [0.1, 0.15) is 6.10 Å². The molecular formula is C33H40N2O4. The van der Waals surface area contributed by atoms with Crippen molar-refractivity contribution in [2.24, 2.45) is 5.92 Å². The van der Waals surface area contributed by atoms with Gasteiger partial charge in [0.2, 0.25) is 5.91 Å². The zero-order valence-electron chi connectivity index (χ0n) is 23.3. The first-order chi connectivity index (χ1) is 18.8. The highest BCUT2D eigenvalue weighted by Gasteiger charge is 2.73. The number of methoxy groups -OCH3 is 1. The molecule has 1 saturated heterocycles. The number of nitrogens with zero attached hydrogens (tertiary/aromatic N) is 2. The zero-order chi connectivity index (χ0) is 27.4. The Kier molecular flexibility index (Phi) is 6.59. The van der Waals surface area contributed by atoms with Gasteiger partial charge in [0.15, 0.2) is 11.5 Å². The lowest BCUT2D eigenvalue weighted by atomic mass is 9.48. The van der Waals surface area contributed by atoms with Crippen LogP contribution in [0.5, 0.6) is 11.5 Å². The average molecular weight is 529 g/mol. The number of aliphatic hydroxyl groups is 1. The summed E-state index contributed by atoms with van der Waals surface area (Å²) in [5.74, 6) is 1.75. The molecular weight excluding hydrogens is 488 g/mol. The molecule has 4 aliphatic rings. The lowest BCUT2D eigenvalue weighted by Crippen LogP contribution is -2.78. The summed E-state index contributed by atoms with van der Waals surface area (Å²) in [5.41, 5.74) is 1.80. The molecule has 2 aliphatic carbocycles. The molecule has 6 nitrogen and oxygen atoms in total. The third-order valence-electron chi connectivity index (χ3n) is 9.57. The van der Waals surface area contributed by atoms with Crippen molar-refractivity contribution >= 4 is 12.0 Å². The van der Waals surface area contributed by atoms with Crippen LogP contribution in [0.1, 0.15) is 49.8 Å². The number of ether oxygens (including phenoxy) is 2. The Morgan fingerprint density at radius 2 is 2.05 bits per heavy atom. The first-order valence-corrected chi connectivity index (χ1v) is 14.3. The zero-order valence-corrected chi connectivity index (χ0v) is 23.3. The molecule has 6 rings (SSSR count). The van der Waals surface area contributed by atoms with Gasteiger partial charge < -0.3 is 19.5 Å². The average Bonchev–Trinajstić information content (AvgIpc) is 3.28. The SMILES string of the molecule is C=CCN1CC[C@]23c4c5ccc(OC)c4OC2C(N(CC(C)C)C(=O)/C=C/c2ccccc2)CC[C@@]3(O)[C@H]1C5. The molecule has 39 heavy (non-hydrogen) atoms. The molecule has 2 aliphatic heterocycles. The van der Waals surface area contributed by atoms with E-state index in [0.717, 1.165) is 42.8 Å². The predicted molar refractivity (Wildman–Crippen MR) is 153 cm³/mol. The van der Waals surface area contributed by atoms with Crippen LogP contribution in [0.15, 0.2) is 61.2 Å². The number of amides is 1. The van der Waals surface area contributed by atoms with Crippen molar-refractivity contribution in [2.75, 3.05) is 26.7 Å². The summed E-state index contributed by atoms with van der Waals surface area (Å²) >= 11 is 0. The fourth-order valence-electron chi connectivity index (χ4n) is 8.07. The van der Waals surface area contributed by atoms with Gasteiger partial charge in [-0.15, -0.1) is 6.58 Å². The molecule has 1 saturated carbocycles. The molecule has 0 aromatic heterocycles. The van der Waals surface area contributed by atoms with Gasteiger partial charge in [0.05, 0.1) is 24.2 Å². The molecule has 2 bridgehead atoms. The van der Waals surface area contributed by atoms with E-state index in [2.05, 4.69) is 31.4 Å². The smallest absolute Gasteiger partial charge is 0.246 e. The third-order valence-corrected chi connectivity index (χ3v) is 9.57. The normalized spacial score (nSPS) is 30.6. The molecule has 0 radical (unpaired) electrons. The van der Waals surface area contributed by atoms with Crippen LogP contribution in [-0.4, -0.2) is 71.3 Å². The monoisotopic (exact) mass is 528 g/mol. The van der Waals surface area contributed by atoms with Crippen LogP contribution in [0.4, 0.5) is 0 Å². The Balaban J connectivity index is 1.44. The first-order valence-electron chi connectivity index (χ1n) is 14.3. The summed E-state index contributed by atoms with van der Waals surface area (Å²) in [6.07, 6.45) is 8.03. The highest BCUT2D eigenvalue weighted by Crippen LogP contribution is 2.66. The standard InChI is InChI=1S/C33H40N2O4/c1-5-18-34-19-17-32-29-24-12-13-26(38-4)30(29)39-31(32)25(15-16-33(32,37)27(34)20-24)35(21-22(2)3)28(36)14-11-23-9-7-6-8-10-23/h5-14,22,25,27,31,37H,1,15-21H2,2-4H3/b14-11+/t25?,27-,31?,32+,33-/m1/s1. The summed E-state index contributed by atoms with van der Waals surface area (Å²) < 4.78 is 12.7. The van der Waals surface area contributed by atoms with Crippen molar-refractivity contribution in [3.63, 3.8) is 0 Å². The second-order valence-electron chi connectivity index (χ2n) is 12.1. The lowest BCUT2D eigenvalue weighted by Gasteiger charge is -2.64. The van der Waals surface area contributed by atoms with Crippen molar-refractivity contribution < 1.29 is 19.4 Å². The van der Waals surface area contributed by atoms with Gasteiger partial charge in [-0.1, -0.05) is 56.3 Å². The Hall–Kier alpha value is -3.09. The Labute approximate surface area is 231 Å². The number of rotatable bonds is 8. The summed E-state index contributed by atoms with van der Waals surface area (Å²) in [7, 11) is 1.67. The van der Waals surface area contributed by atoms with E-state index >= 15 is 0 Å². The van der Waals surface area contributed by atoms with Gasteiger partial charge in [-0.05, 0) is 61.4 Å². The minimum atomic E-state index is -0.952. The van der Waals surface area contributed by atoms with Crippen LogP contribution in [-0.2, 0) is 16.6 Å². The molecule has 206 valence electrons. The highest BCUT2D eigenvalue weighted by molar-refractivity contribution is 5.92. The number of hydrogen-bond acceptors (Lipinski definition) is 5. The Morgan fingerprint density at radius 1 is 1.26 bits per heavy atom. The Bertz CT molecular complexity index is 1290. The predicted octanol–water partition coefficient (Wildman–Crippen LogP) is 4.60. The van der Waals surface area contributed by atoms with Crippen molar-refractivity contribution in [3.8, 4) is 11.5 Å². The van der Waals surface area contributed by atoms with E-state index in [0.29, 0.717) is 31.1 Å². The van der Waals surface area contributed by atoms with Gasteiger partial charge in [-0.2, -0.15) is 0 Å². The van der Waals surface area contributed by atoms with Crippen LogP contribution in [0.3, 0.4) is 0 Å². The van der Waals surface area contributed by atoms with Crippen LogP contribution >= 0.6 is 0 Å². The molecule has 2 heterocycles. The van der Waals surface area contributed by atoms with Crippen molar-refractivity contribution in [3.05, 3.63) is 77.9 Å². The fraction of sp³-hybridized carbons (Fsp3) is 0.485. The van der Waals surface area contributed by atoms with Crippen LogP contribution in [0, 0.1) is 5.92 Å². The van der Waals surface area contributed by atoms with Gasteiger partial charge in [-0.25, -0.2) is 0 Å². The number of carbonyl (C=O) groups excluding carboxylic acids is 1. The van der Waals surface area contributed by atoms with Crippen molar-refractivity contribution in [1.82, 2.24) is 9.80 Å². The van der Waals surface area contributed by atoms with Gasteiger partial charge in [0, 0.05) is 30.8 Å². The summed E-state index contributed by atoms with van der Waals surface area (Å²) in [6.45, 7) is 10.5. The molecule has 2 aromatic rings. The Morgan fingerprint density at radius 3 is 2.77 bits per heavy atom. The fourth-order valence-corrected chi connectivity index (χ4v) is 8.07. The van der Waals surface area contributed by atoms with Gasteiger partial charge in [0.25, 0.3) is 0 Å². The number of benzene rings is 2. The molecule has 2 fully saturated rings. The van der Waals surface area contributed by atoms with Crippen LogP contribution in [0.25, 0.3) is 6.08 Å². The second-order valence-corrected chi connectivity index (χ2v) is 12.1. The van der Waals surface area contributed by atoms with E-state index in [1.54, 1.807) is 13.2 Å². The summed E-state index contributed by atoms with van der Waals surface area (Å²) in [4.78, 5) is 18.3. The number of likely N-dealkylation sites (tertiary alicyclic amines) is 1. The molecule has 1 amide bonds. The van der Waals surface area contributed by atoms with E-state index in [-0.39, 0.29) is 24.1 Å². The quantitative estimate of drug-likeness (QED) is 0.401. The number of hydrogen-bond donors (Lipinski definition) is 1. The van der Waals surface area contributed by atoms with Crippen molar-refractivity contribution in [2.45, 2.75) is 68.7 Å². The third kappa shape index (κ3) is 3.86. The molecule has 1 spiro atoms. The maximum absolute atomic E-state index is 13.9. The largest absolute Gasteiger partial charge is 0.493 e. The van der Waals surface area contributed by atoms with Crippen LogP contribution in [0.2, 0.25) is 0 Å². The highest BCUT2D eigenvalue weighted by atomic mass is 16.5. The van der Waals surface area contributed by atoms with E-state index in [4.69, 9.17) is 9.47 Å². The maximum atomic E-state index is 13.9. The molecule has 2 aromatic carbocycles. The summed E-state index contributed by atoms with van der Waals surface area (Å²) in [5, 5.41) is 12.7. The first kappa shape index (κ1) is 26.1. The molecule has 1 N–H and O–H groups in total. The maximum Gasteiger partial charge on any atom is 0.246 e. The van der Waals surface area contributed by atoms with Gasteiger partial charge in [-0.3, -0.25) is 9.69 Å². The molecule has 2 unspecified atom stereocenters. The minimum absolute atomic E-state index is 0.0115. The van der Waals surface area contributed by atoms with E-state index in [1.807, 2.05) is 53.5 Å². The van der Waals surface area contributed by atoms with Crippen molar-refractivity contribution in [1.29, 1.82) is 0 Å². The van der Waals surface area contributed by atoms with E-state index < -0.39 is 11.0 Å².